The van der Waals surface area contributed by atoms with Gasteiger partial charge in [-0.3, -0.25) is 5.10 Å². The Labute approximate surface area is 83.5 Å². The molecule has 0 amide bonds. The molecular weight excluding hydrogens is 210 g/mol. The monoisotopic (exact) mass is 215 g/mol. The summed E-state index contributed by atoms with van der Waals surface area (Å²) in [5.74, 6) is 0. The van der Waals surface area contributed by atoms with Crippen molar-refractivity contribution in [3.05, 3.63) is 16.7 Å². The number of nitrogens with zero attached hydrogens (tertiary/aromatic N) is 2. The third-order valence-corrected chi connectivity index (χ3v) is 2.73. The van der Waals surface area contributed by atoms with E-state index in [1.54, 1.807) is 19.5 Å². The van der Waals surface area contributed by atoms with Crippen LogP contribution in [0.4, 0.5) is 0 Å². The Balaban J connectivity index is 2.46. The second-order valence-corrected chi connectivity index (χ2v) is 3.86. The summed E-state index contributed by atoms with van der Waals surface area (Å²) in [4.78, 5) is 4.18. The molecule has 0 aromatic carbocycles. The van der Waals surface area contributed by atoms with E-state index in [4.69, 9.17) is 16.3 Å². The van der Waals surface area contributed by atoms with Gasteiger partial charge in [0.2, 0.25) is 0 Å². The van der Waals surface area contributed by atoms with Crippen LogP contribution in [-0.4, -0.2) is 22.3 Å². The van der Waals surface area contributed by atoms with Crippen molar-refractivity contribution < 1.29 is 4.74 Å². The van der Waals surface area contributed by atoms with Gasteiger partial charge in [-0.15, -0.1) is 0 Å². The van der Waals surface area contributed by atoms with Crippen LogP contribution in [-0.2, 0) is 0 Å². The Morgan fingerprint density at radius 3 is 3.00 bits per heavy atom. The van der Waals surface area contributed by atoms with Gasteiger partial charge in [-0.25, -0.2) is 4.98 Å². The third-order valence-electron chi connectivity index (χ3n) is 1.51. The number of aromatic amines is 1. The Kier molecular flexibility index (Phi) is 2.20. The number of H-pyrrole nitrogens is 1. The molecule has 0 aliphatic carbocycles. The molecule has 2 heterocycles. The highest BCUT2D eigenvalue weighted by Crippen LogP contribution is 2.35. The Morgan fingerprint density at radius 2 is 2.46 bits per heavy atom. The van der Waals surface area contributed by atoms with Gasteiger partial charge in [0, 0.05) is 11.8 Å². The summed E-state index contributed by atoms with van der Waals surface area (Å²) in [5, 5.41) is 7.07. The Hall–Kier alpha value is -1.07. The maximum absolute atomic E-state index is 5.95. The number of ether oxygens (including phenoxy) is 1. The van der Waals surface area contributed by atoms with E-state index in [2.05, 4.69) is 15.2 Å². The minimum Gasteiger partial charge on any atom is -0.473 e. The zero-order chi connectivity index (χ0) is 9.26. The molecule has 4 nitrogen and oxygen atoms in total. The smallest absolute Gasteiger partial charge is 0.274 e. The van der Waals surface area contributed by atoms with Crippen molar-refractivity contribution in [2.24, 2.45) is 0 Å². The molecule has 0 aliphatic heterocycles. The number of thiazole rings is 1. The average Bonchev–Trinajstić information content (AvgIpc) is 2.72. The second kappa shape index (κ2) is 3.35. The van der Waals surface area contributed by atoms with Crippen LogP contribution in [0.15, 0.2) is 12.4 Å². The van der Waals surface area contributed by atoms with Crippen molar-refractivity contribution in [2.75, 3.05) is 7.11 Å². The first-order valence-corrected chi connectivity index (χ1v) is 4.70. The topological polar surface area (TPSA) is 50.8 Å². The molecule has 0 unspecified atom stereocenters. The van der Waals surface area contributed by atoms with Gasteiger partial charge in [-0.1, -0.05) is 22.9 Å². The number of nitrogens with one attached hydrogen (secondary N) is 1. The summed E-state index contributed by atoms with van der Waals surface area (Å²) in [6.07, 6.45) is 3.40. The van der Waals surface area contributed by atoms with Gasteiger partial charge in [-0.05, 0) is 0 Å². The van der Waals surface area contributed by atoms with Crippen LogP contribution in [0.25, 0.3) is 11.3 Å². The van der Waals surface area contributed by atoms with Crippen molar-refractivity contribution in [3.8, 4) is 16.5 Å². The van der Waals surface area contributed by atoms with Gasteiger partial charge in [0.1, 0.15) is 10.0 Å². The van der Waals surface area contributed by atoms with Crippen LogP contribution in [0.5, 0.6) is 5.19 Å². The molecule has 2 rings (SSSR count). The van der Waals surface area contributed by atoms with Crippen molar-refractivity contribution in [1.29, 1.82) is 0 Å². The molecular formula is C7H6ClN3OS. The molecule has 0 fully saturated rings. The fraction of sp³-hybridized carbons (Fsp3) is 0.143. The van der Waals surface area contributed by atoms with Crippen LogP contribution in [0.2, 0.25) is 4.34 Å². The number of methoxy groups -OCH3 is 1. The van der Waals surface area contributed by atoms with Gasteiger partial charge in [0.05, 0.1) is 13.3 Å². The third kappa shape index (κ3) is 1.52. The van der Waals surface area contributed by atoms with Gasteiger partial charge in [0.15, 0.2) is 0 Å². The molecule has 0 atom stereocenters. The minimum atomic E-state index is 0.557. The normalized spacial score (nSPS) is 10.3. The maximum Gasteiger partial charge on any atom is 0.274 e. The fourth-order valence-electron chi connectivity index (χ4n) is 0.929. The quantitative estimate of drug-likeness (QED) is 0.836. The second-order valence-electron chi connectivity index (χ2n) is 2.29. The Morgan fingerprint density at radius 1 is 1.62 bits per heavy atom. The molecule has 68 valence electrons. The van der Waals surface area contributed by atoms with E-state index < -0.39 is 0 Å². The first kappa shape index (κ1) is 8.52. The number of aromatic nitrogens is 3. The number of rotatable bonds is 2. The summed E-state index contributed by atoms with van der Waals surface area (Å²) in [5.41, 5.74) is 1.57. The van der Waals surface area contributed by atoms with E-state index in [1.165, 1.54) is 11.3 Å². The Bertz CT molecular complexity index is 398. The minimum absolute atomic E-state index is 0.557. The predicted molar refractivity (Wildman–Crippen MR) is 51.3 cm³/mol. The molecule has 0 bridgehead atoms. The summed E-state index contributed by atoms with van der Waals surface area (Å²) >= 11 is 7.25. The average molecular weight is 216 g/mol. The van der Waals surface area contributed by atoms with E-state index in [1.807, 2.05) is 0 Å². The van der Waals surface area contributed by atoms with Crippen molar-refractivity contribution in [2.45, 2.75) is 0 Å². The number of hydrogen-bond donors (Lipinski definition) is 1. The lowest BCUT2D eigenvalue weighted by atomic mass is 10.3. The van der Waals surface area contributed by atoms with E-state index in [9.17, 15) is 0 Å². The molecule has 0 radical (unpaired) electrons. The molecule has 13 heavy (non-hydrogen) atoms. The lowest BCUT2D eigenvalue weighted by Gasteiger charge is -1.88. The van der Waals surface area contributed by atoms with Gasteiger partial charge >= 0.3 is 0 Å². The summed E-state index contributed by atoms with van der Waals surface area (Å²) < 4.78 is 5.58. The predicted octanol–water partition coefficient (Wildman–Crippen LogP) is 2.20. The molecule has 0 aliphatic rings. The van der Waals surface area contributed by atoms with Gasteiger partial charge in [0.25, 0.3) is 5.19 Å². The van der Waals surface area contributed by atoms with E-state index in [0.29, 0.717) is 15.2 Å². The highest BCUT2D eigenvalue weighted by molar-refractivity contribution is 7.18. The molecule has 6 heteroatoms. The van der Waals surface area contributed by atoms with Crippen molar-refractivity contribution in [1.82, 2.24) is 15.2 Å². The van der Waals surface area contributed by atoms with Crippen LogP contribution >= 0.6 is 22.9 Å². The summed E-state index contributed by atoms with van der Waals surface area (Å²) in [7, 11) is 1.56. The fourth-order valence-corrected chi connectivity index (χ4v) is 1.91. The maximum atomic E-state index is 5.95. The van der Waals surface area contributed by atoms with Crippen molar-refractivity contribution >= 4 is 22.9 Å². The highest BCUT2D eigenvalue weighted by atomic mass is 35.5. The lowest BCUT2D eigenvalue weighted by molar-refractivity contribution is 0.412. The zero-order valence-corrected chi connectivity index (χ0v) is 8.32. The number of halogens is 1. The first-order chi connectivity index (χ1) is 6.31. The van der Waals surface area contributed by atoms with Crippen LogP contribution in [0.3, 0.4) is 0 Å². The molecule has 2 aromatic heterocycles. The van der Waals surface area contributed by atoms with E-state index >= 15 is 0 Å². The van der Waals surface area contributed by atoms with Crippen LogP contribution < -0.4 is 4.74 Å². The molecule has 2 aromatic rings. The zero-order valence-electron chi connectivity index (χ0n) is 6.74. The lowest BCUT2D eigenvalue weighted by Crippen LogP contribution is -1.80. The van der Waals surface area contributed by atoms with E-state index in [-0.39, 0.29) is 0 Å². The molecule has 0 saturated carbocycles. The molecule has 1 N–H and O–H groups in total. The van der Waals surface area contributed by atoms with E-state index in [0.717, 1.165) is 5.56 Å². The molecule has 0 spiro atoms. The SMILES string of the molecule is COc1nc(-c2cn[nH]c2)c(Cl)s1. The first-order valence-electron chi connectivity index (χ1n) is 3.50. The number of hydrogen-bond acceptors (Lipinski definition) is 4. The standard InChI is InChI=1S/C7H6ClN3OS/c1-12-7-11-5(6(8)13-7)4-2-9-10-3-4/h2-3H,1H3,(H,9,10). The van der Waals surface area contributed by atoms with Gasteiger partial charge in [-0.2, -0.15) is 5.10 Å². The van der Waals surface area contributed by atoms with Crippen LogP contribution in [0, 0.1) is 0 Å². The largest absolute Gasteiger partial charge is 0.473 e. The van der Waals surface area contributed by atoms with Gasteiger partial charge < -0.3 is 4.74 Å². The summed E-state index contributed by atoms with van der Waals surface area (Å²) in [6.45, 7) is 0. The van der Waals surface area contributed by atoms with Crippen molar-refractivity contribution in [3.63, 3.8) is 0 Å². The summed E-state index contributed by atoms with van der Waals surface area (Å²) in [6, 6.07) is 0. The molecule has 0 saturated heterocycles. The highest BCUT2D eigenvalue weighted by Gasteiger charge is 2.11. The van der Waals surface area contributed by atoms with Crippen LogP contribution in [0.1, 0.15) is 0 Å².